The van der Waals surface area contributed by atoms with Crippen LogP contribution in [0.5, 0.6) is 0 Å². The topological polar surface area (TPSA) is 107 Å². The Morgan fingerprint density at radius 1 is 1.20 bits per heavy atom. The maximum Gasteiger partial charge on any atom is 0.408 e. The number of carbonyl (C=O) groups excluding carboxylic acids is 2. The minimum atomic E-state index is -4.69. The highest BCUT2D eigenvalue weighted by molar-refractivity contribution is 7.17. The maximum atomic E-state index is 14.1. The SMILES string of the molecule is C[C@H](NC(=O)c1nc(C(=O)N2CC(F)(F)C[C@@H]2C)c(-c2cnc(N[C@@H](C)C(F)(F)F)cc2C(F)F)s1)C(C)(C)O. The summed E-state index contributed by atoms with van der Waals surface area (Å²) in [7, 11) is 0. The second-order valence-electron chi connectivity index (χ2n) is 10.3. The summed E-state index contributed by atoms with van der Waals surface area (Å²) in [6, 6.07) is -3.20. The highest BCUT2D eigenvalue weighted by Gasteiger charge is 2.46. The lowest BCUT2D eigenvalue weighted by atomic mass is 10.0. The van der Waals surface area contributed by atoms with E-state index in [-0.39, 0.29) is 9.88 Å². The molecule has 0 unspecified atom stereocenters. The van der Waals surface area contributed by atoms with Crippen LogP contribution in [0.25, 0.3) is 10.4 Å². The molecule has 0 radical (unpaired) electrons. The average Bonchev–Trinajstić information content (AvgIpc) is 3.37. The van der Waals surface area contributed by atoms with Gasteiger partial charge in [0.25, 0.3) is 24.2 Å². The van der Waals surface area contributed by atoms with Crippen LogP contribution in [-0.4, -0.2) is 74.2 Å². The molecule has 3 rings (SSSR count). The number of anilines is 1. The summed E-state index contributed by atoms with van der Waals surface area (Å²) in [5.74, 6) is -5.64. The number of aliphatic hydroxyl groups is 1. The Kier molecular flexibility index (Phi) is 8.75. The van der Waals surface area contributed by atoms with Gasteiger partial charge >= 0.3 is 6.18 Å². The first-order valence-corrected chi connectivity index (χ1v) is 12.9. The van der Waals surface area contributed by atoms with E-state index in [0.717, 1.165) is 18.0 Å². The second-order valence-corrected chi connectivity index (χ2v) is 11.3. The number of likely N-dealkylation sites (tertiary alicyclic amines) is 1. The van der Waals surface area contributed by atoms with Crippen molar-refractivity contribution in [2.24, 2.45) is 0 Å². The third kappa shape index (κ3) is 7.00. The summed E-state index contributed by atoms with van der Waals surface area (Å²) in [6.07, 6.45) is -7.79. The first kappa shape index (κ1) is 31.5. The Morgan fingerprint density at radius 2 is 1.82 bits per heavy atom. The van der Waals surface area contributed by atoms with Crippen molar-refractivity contribution in [3.8, 4) is 10.4 Å². The first-order chi connectivity index (χ1) is 18.2. The van der Waals surface area contributed by atoms with Crippen LogP contribution in [0.2, 0.25) is 0 Å². The van der Waals surface area contributed by atoms with Gasteiger partial charge in [-0.15, -0.1) is 11.3 Å². The highest BCUT2D eigenvalue weighted by Crippen LogP contribution is 2.40. The van der Waals surface area contributed by atoms with E-state index in [1.165, 1.54) is 27.7 Å². The Morgan fingerprint density at radius 3 is 2.33 bits per heavy atom. The molecule has 0 aliphatic carbocycles. The molecule has 3 atom stereocenters. The van der Waals surface area contributed by atoms with Crippen LogP contribution in [0.4, 0.5) is 36.6 Å². The van der Waals surface area contributed by atoms with Gasteiger partial charge in [0, 0.05) is 29.8 Å². The minimum absolute atomic E-state index is 0.299. The fourth-order valence-electron chi connectivity index (χ4n) is 3.82. The number of aromatic nitrogens is 2. The summed E-state index contributed by atoms with van der Waals surface area (Å²) in [6.45, 7) is 5.51. The summed E-state index contributed by atoms with van der Waals surface area (Å²) >= 11 is 0.504. The van der Waals surface area contributed by atoms with Crippen LogP contribution >= 0.6 is 11.3 Å². The molecule has 16 heteroatoms. The van der Waals surface area contributed by atoms with E-state index in [9.17, 15) is 45.4 Å². The van der Waals surface area contributed by atoms with Crippen LogP contribution in [0.1, 0.15) is 73.3 Å². The van der Waals surface area contributed by atoms with E-state index >= 15 is 0 Å². The van der Waals surface area contributed by atoms with Crippen molar-refractivity contribution in [1.82, 2.24) is 20.2 Å². The van der Waals surface area contributed by atoms with Gasteiger partial charge in [0.05, 0.1) is 23.1 Å². The highest BCUT2D eigenvalue weighted by atomic mass is 32.1. The fraction of sp³-hybridized carbons (Fsp3) is 0.583. The summed E-state index contributed by atoms with van der Waals surface area (Å²) < 4.78 is 95.2. The molecular weight excluding hydrogens is 571 g/mol. The fourth-order valence-corrected chi connectivity index (χ4v) is 4.82. The van der Waals surface area contributed by atoms with E-state index in [2.05, 4.69) is 15.3 Å². The number of halogens is 7. The van der Waals surface area contributed by atoms with Gasteiger partial charge in [-0.25, -0.2) is 27.5 Å². The molecule has 0 bridgehead atoms. The second kappa shape index (κ2) is 11.1. The van der Waals surface area contributed by atoms with Crippen LogP contribution in [-0.2, 0) is 0 Å². The lowest BCUT2D eigenvalue weighted by molar-refractivity contribution is -0.138. The van der Waals surface area contributed by atoms with Gasteiger partial charge in [0.2, 0.25) is 0 Å². The minimum Gasteiger partial charge on any atom is -0.388 e. The molecule has 2 aromatic heterocycles. The van der Waals surface area contributed by atoms with E-state index in [1.54, 1.807) is 0 Å². The summed E-state index contributed by atoms with van der Waals surface area (Å²) in [5.41, 5.74) is -3.16. The van der Waals surface area contributed by atoms with Gasteiger partial charge in [-0.05, 0) is 40.7 Å². The lowest BCUT2D eigenvalue weighted by Gasteiger charge is -2.26. The molecule has 2 amide bonds. The number of thiazole rings is 1. The smallest absolute Gasteiger partial charge is 0.388 e. The monoisotopic (exact) mass is 599 g/mol. The number of alkyl halides is 7. The largest absolute Gasteiger partial charge is 0.408 e. The zero-order chi connectivity index (χ0) is 30.4. The van der Waals surface area contributed by atoms with Gasteiger partial charge in [0.1, 0.15) is 17.6 Å². The molecule has 2 aromatic rings. The Hall–Kier alpha value is -3.01. The maximum absolute atomic E-state index is 14.1. The van der Waals surface area contributed by atoms with Gasteiger partial charge < -0.3 is 20.6 Å². The zero-order valence-corrected chi connectivity index (χ0v) is 22.9. The predicted molar refractivity (Wildman–Crippen MR) is 133 cm³/mol. The van der Waals surface area contributed by atoms with Gasteiger partial charge in [-0.1, -0.05) is 0 Å². The lowest BCUT2D eigenvalue weighted by Crippen LogP contribution is -2.47. The number of amides is 2. The molecule has 1 saturated heterocycles. The number of nitrogens with one attached hydrogen (secondary N) is 2. The van der Waals surface area contributed by atoms with Crippen LogP contribution in [0.15, 0.2) is 12.3 Å². The third-order valence-electron chi connectivity index (χ3n) is 6.49. The van der Waals surface area contributed by atoms with Crippen molar-refractivity contribution < 1.29 is 45.4 Å². The molecule has 0 aromatic carbocycles. The number of hydrogen-bond acceptors (Lipinski definition) is 7. The number of carbonyl (C=O) groups is 2. The summed E-state index contributed by atoms with van der Waals surface area (Å²) in [5, 5.41) is 14.2. The number of nitrogens with zero attached hydrogens (tertiary/aromatic N) is 3. The van der Waals surface area contributed by atoms with Crippen LogP contribution in [0, 0.1) is 0 Å². The van der Waals surface area contributed by atoms with Crippen molar-refractivity contribution in [2.75, 3.05) is 11.9 Å². The molecule has 1 aliphatic heterocycles. The van der Waals surface area contributed by atoms with E-state index in [1.807, 2.05) is 5.32 Å². The number of rotatable bonds is 8. The quantitative estimate of drug-likeness (QED) is 0.358. The molecule has 3 heterocycles. The van der Waals surface area contributed by atoms with Crippen molar-refractivity contribution in [1.29, 1.82) is 0 Å². The summed E-state index contributed by atoms with van der Waals surface area (Å²) in [4.78, 5) is 34.6. The molecule has 40 heavy (non-hydrogen) atoms. The Balaban J connectivity index is 2.12. The van der Waals surface area contributed by atoms with Crippen LogP contribution < -0.4 is 10.6 Å². The van der Waals surface area contributed by atoms with Gasteiger partial charge in [0.15, 0.2) is 5.01 Å². The van der Waals surface area contributed by atoms with Gasteiger partial charge in [-0.3, -0.25) is 9.59 Å². The van der Waals surface area contributed by atoms with Crippen LogP contribution in [0.3, 0.4) is 0 Å². The number of pyridine rings is 1. The molecule has 3 N–H and O–H groups in total. The molecule has 0 saturated carbocycles. The molecular formula is C24H28F7N5O3S. The Labute approximate surface area is 229 Å². The molecule has 0 spiro atoms. The van der Waals surface area contributed by atoms with Crippen molar-refractivity contribution in [3.63, 3.8) is 0 Å². The normalized spacial score (nSPS) is 19.1. The predicted octanol–water partition coefficient (Wildman–Crippen LogP) is 5.26. The molecule has 1 fully saturated rings. The zero-order valence-electron chi connectivity index (χ0n) is 22.0. The number of hydrogen-bond donors (Lipinski definition) is 3. The third-order valence-corrected chi connectivity index (χ3v) is 7.58. The molecule has 222 valence electrons. The van der Waals surface area contributed by atoms with Crippen molar-refractivity contribution >= 4 is 29.0 Å². The van der Waals surface area contributed by atoms with E-state index in [4.69, 9.17) is 0 Å². The molecule has 1 aliphatic rings. The first-order valence-electron chi connectivity index (χ1n) is 12.1. The van der Waals surface area contributed by atoms with E-state index in [0.29, 0.717) is 17.4 Å². The van der Waals surface area contributed by atoms with Crippen molar-refractivity contribution in [2.45, 2.75) is 83.3 Å². The standard InChI is InChI=1S/C24H28F7N5O3S/c1-10-7-23(27,28)9-36(10)21(38)16-17(40-20(35-16)19(37)34-11(2)22(4,5)39)14-8-32-15(6-13(14)18(25)26)33-12(3)24(29,30)31/h6,8,10-12,18,39H,7,9H2,1-5H3,(H,32,33)(H,34,37)/t10-,11-,12-/m0/s1. The average molecular weight is 600 g/mol. The van der Waals surface area contributed by atoms with Crippen molar-refractivity contribution in [3.05, 3.63) is 28.5 Å². The van der Waals surface area contributed by atoms with E-state index < -0.39 is 89.7 Å². The Bertz CT molecular complexity index is 1260. The van der Waals surface area contributed by atoms with Gasteiger partial charge in [-0.2, -0.15) is 13.2 Å². The molecule has 8 nitrogen and oxygen atoms in total.